The van der Waals surface area contributed by atoms with Gasteiger partial charge in [-0.3, -0.25) is 20.2 Å². The number of fused-ring (bicyclic) bond motifs is 1. The third kappa shape index (κ3) is 5.64. The van der Waals surface area contributed by atoms with Crippen molar-refractivity contribution in [3.63, 3.8) is 0 Å². The van der Waals surface area contributed by atoms with Gasteiger partial charge in [0.15, 0.2) is 5.69 Å². The minimum absolute atomic E-state index is 0.0244. The van der Waals surface area contributed by atoms with Crippen LogP contribution in [-0.4, -0.2) is 43.4 Å². The number of aromatic amines is 2. The molecule has 2 heterocycles. The third-order valence-corrected chi connectivity index (χ3v) is 4.83. The topological polar surface area (TPSA) is 154 Å². The highest BCUT2D eigenvalue weighted by molar-refractivity contribution is 6.13. The highest BCUT2D eigenvalue weighted by Crippen LogP contribution is 2.22. The number of hydrogen-bond donors (Lipinski definition) is 5. The number of anilines is 3. The summed E-state index contributed by atoms with van der Waals surface area (Å²) in [5.41, 5.74) is 2.32. The predicted molar refractivity (Wildman–Crippen MR) is 132 cm³/mol. The highest BCUT2D eigenvalue weighted by atomic mass is 16.6. The molecule has 0 unspecified atom stereocenters. The van der Waals surface area contributed by atoms with Crippen LogP contribution in [0.4, 0.5) is 22.1 Å². The van der Waals surface area contributed by atoms with Crippen LogP contribution in [-0.2, 0) is 4.74 Å². The maximum Gasteiger partial charge on any atom is 0.412 e. The number of rotatable bonds is 5. The molecule has 0 spiro atoms. The average Bonchev–Trinajstić information content (AvgIpc) is 3.41. The lowest BCUT2D eigenvalue weighted by Crippen LogP contribution is -2.27. The van der Waals surface area contributed by atoms with E-state index in [1.165, 1.54) is 6.33 Å². The van der Waals surface area contributed by atoms with Crippen LogP contribution >= 0.6 is 0 Å². The standard InChI is InChI=1S/C24H25N7O4/c1-13-9-10-14(27-23(34)35-24(2,3)4)11-17(13)28-20(32)18-19(26-12-25-18)21(33)31-22-29-15-7-5-6-8-16(15)30-22/h5-12H,1-4H3,(H,25,26)(H,27,34)(H,28,32)(H2,29,30,31,33). The SMILES string of the molecule is Cc1ccc(NC(=O)OC(C)(C)C)cc1NC(=O)c1nc[nH]c1C(=O)Nc1nc2ccccc2[nH]1. The van der Waals surface area contributed by atoms with E-state index in [9.17, 15) is 14.4 Å². The van der Waals surface area contributed by atoms with Gasteiger partial charge in [0.25, 0.3) is 11.8 Å². The van der Waals surface area contributed by atoms with Crippen LogP contribution in [0.3, 0.4) is 0 Å². The minimum Gasteiger partial charge on any atom is -0.444 e. The lowest BCUT2D eigenvalue weighted by molar-refractivity contribution is 0.0635. The fourth-order valence-corrected chi connectivity index (χ4v) is 3.26. The number of aryl methyl sites for hydroxylation is 1. The number of carbonyl (C=O) groups is 3. The van der Waals surface area contributed by atoms with Crippen LogP contribution in [0.1, 0.15) is 47.3 Å². The Labute approximate surface area is 200 Å². The first kappa shape index (κ1) is 23.5. The smallest absolute Gasteiger partial charge is 0.412 e. The molecule has 0 aliphatic carbocycles. The second-order valence-corrected chi connectivity index (χ2v) is 8.79. The van der Waals surface area contributed by atoms with Crippen LogP contribution in [0.5, 0.6) is 0 Å². The number of imidazole rings is 2. The Morgan fingerprint density at radius 1 is 0.971 bits per heavy atom. The maximum absolute atomic E-state index is 13.0. The second-order valence-electron chi connectivity index (χ2n) is 8.79. The van der Waals surface area contributed by atoms with E-state index in [0.717, 1.165) is 11.1 Å². The molecule has 0 bridgehead atoms. The Morgan fingerprint density at radius 2 is 1.74 bits per heavy atom. The van der Waals surface area contributed by atoms with Gasteiger partial charge in [-0.1, -0.05) is 18.2 Å². The number of ether oxygens (including phenoxy) is 1. The van der Waals surface area contributed by atoms with Gasteiger partial charge in [0.05, 0.1) is 17.4 Å². The number of nitrogens with one attached hydrogen (secondary N) is 5. The van der Waals surface area contributed by atoms with Crippen molar-refractivity contribution in [3.8, 4) is 0 Å². The van der Waals surface area contributed by atoms with Crippen LogP contribution in [0, 0.1) is 6.92 Å². The number of nitrogens with zero attached hydrogens (tertiary/aromatic N) is 2. The number of hydrogen-bond acceptors (Lipinski definition) is 6. The zero-order valence-electron chi connectivity index (χ0n) is 19.6. The quantitative estimate of drug-likeness (QED) is 0.287. The summed E-state index contributed by atoms with van der Waals surface area (Å²) in [7, 11) is 0. The normalized spacial score (nSPS) is 11.2. The lowest BCUT2D eigenvalue weighted by Gasteiger charge is -2.20. The van der Waals surface area contributed by atoms with Crippen molar-refractivity contribution in [2.24, 2.45) is 0 Å². The van der Waals surface area contributed by atoms with Crippen molar-refractivity contribution in [2.75, 3.05) is 16.0 Å². The first-order valence-corrected chi connectivity index (χ1v) is 10.8. The number of H-pyrrole nitrogens is 2. The van der Waals surface area contributed by atoms with Gasteiger partial charge in [-0.25, -0.2) is 14.8 Å². The Hall–Kier alpha value is -4.67. The van der Waals surface area contributed by atoms with E-state index in [1.807, 2.05) is 24.3 Å². The van der Waals surface area contributed by atoms with Crippen molar-refractivity contribution in [3.05, 3.63) is 65.7 Å². The molecule has 0 saturated carbocycles. The van der Waals surface area contributed by atoms with E-state index in [0.29, 0.717) is 16.9 Å². The minimum atomic E-state index is -0.648. The monoisotopic (exact) mass is 475 g/mol. The lowest BCUT2D eigenvalue weighted by atomic mass is 10.1. The van der Waals surface area contributed by atoms with Crippen molar-refractivity contribution in [2.45, 2.75) is 33.3 Å². The predicted octanol–water partition coefficient (Wildman–Crippen LogP) is 4.45. The highest BCUT2D eigenvalue weighted by Gasteiger charge is 2.22. The van der Waals surface area contributed by atoms with E-state index >= 15 is 0 Å². The summed E-state index contributed by atoms with van der Waals surface area (Å²) in [6.07, 6.45) is 0.644. The molecule has 4 rings (SSSR count). The number of benzene rings is 2. The molecular formula is C24H25N7O4. The van der Waals surface area contributed by atoms with Crippen molar-refractivity contribution < 1.29 is 19.1 Å². The Balaban J connectivity index is 1.48. The molecule has 0 atom stereocenters. The summed E-state index contributed by atoms with van der Waals surface area (Å²) < 4.78 is 5.26. The second kappa shape index (κ2) is 9.29. The summed E-state index contributed by atoms with van der Waals surface area (Å²) >= 11 is 0. The molecule has 5 N–H and O–H groups in total. The molecule has 11 heteroatoms. The van der Waals surface area contributed by atoms with Gasteiger partial charge in [-0.15, -0.1) is 0 Å². The molecule has 2 aromatic heterocycles. The number of aromatic nitrogens is 4. The van der Waals surface area contributed by atoms with Crippen molar-refractivity contribution >= 4 is 46.3 Å². The molecule has 0 radical (unpaired) electrons. The first-order valence-electron chi connectivity index (χ1n) is 10.8. The fourth-order valence-electron chi connectivity index (χ4n) is 3.26. The van der Waals surface area contributed by atoms with Gasteiger partial charge in [-0.05, 0) is 57.5 Å². The summed E-state index contributed by atoms with van der Waals surface area (Å²) in [6.45, 7) is 7.09. The molecule has 11 nitrogen and oxygen atoms in total. The number of amides is 3. The van der Waals surface area contributed by atoms with E-state index in [4.69, 9.17) is 4.74 Å². The fraction of sp³-hybridized carbons (Fsp3) is 0.208. The maximum atomic E-state index is 13.0. The van der Waals surface area contributed by atoms with Gasteiger partial charge in [0.1, 0.15) is 11.3 Å². The van der Waals surface area contributed by atoms with Crippen LogP contribution in [0.2, 0.25) is 0 Å². The molecule has 0 saturated heterocycles. The van der Waals surface area contributed by atoms with Crippen LogP contribution < -0.4 is 16.0 Å². The van der Waals surface area contributed by atoms with Crippen LogP contribution in [0.25, 0.3) is 11.0 Å². The van der Waals surface area contributed by atoms with Gasteiger partial charge in [0.2, 0.25) is 5.95 Å². The van der Waals surface area contributed by atoms with E-state index in [-0.39, 0.29) is 17.3 Å². The first-order chi connectivity index (χ1) is 16.6. The van der Waals surface area contributed by atoms with Gasteiger partial charge >= 0.3 is 6.09 Å². The van der Waals surface area contributed by atoms with Crippen LogP contribution in [0.15, 0.2) is 48.8 Å². The molecule has 0 fully saturated rings. The molecule has 0 aliphatic heterocycles. The van der Waals surface area contributed by atoms with Gasteiger partial charge < -0.3 is 20.0 Å². The average molecular weight is 476 g/mol. The van der Waals surface area contributed by atoms with Crippen molar-refractivity contribution in [1.29, 1.82) is 0 Å². The zero-order chi connectivity index (χ0) is 25.2. The largest absolute Gasteiger partial charge is 0.444 e. The van der Waals surface area contributed by atoms with Gasteiger partial charge in [-0.2, -0.15) is 0 Å². The molecule has 180 valence electrons. The molecular weight excluding hydrogens is 450 g/mol. The Morgan fingerprint density at radius 3 is 2.49 bits per heavy atom. The Kier molecular flexibility index (Phi) is 6.24. The molecule has 0 aliphatic rings. The molecule has 35 heavy (non-hydrogen) atoms. The van der Waals surface area contributed by atoms with Gasteiger partial charge in [0, 0.05) is 11.4 Å². The summed E-state index contributed by atoms with van der Waals surface area (Å²) in [4.78, 5) is 51.8. The number of para-hydroxylation sites is 2. The summed E-state index contributed by atoms with van der Waals surface area (Å²) in [5, 5.41) is 8.01. The van der Waals surface area contributed by atoms with E-state index in [1.54, 1.807) is 45.9 Å². The van der Waals surface area contributed by atoms with E-state index < -0.39 is 23.5 Å². The summed E-state index contributed by atoms with van der Waals surface area (Å²) in [5.74, 6) is -0.934. The summed E-state index contributed by atoms with van der Waals surface area (Å²) in [6, 6.07) is 12.4. The zero-order valence-corrected chi connectivity index (χ0v) is 19.6. The van der Waals surface area contributed by atoms with E-state index in [2.05, 4.69) is 35.9 Å². The number of carbonyl (C=O) groups excluding carboxylic acids is 3. The molecule has 3 amide bonds. The molecule has 2 aromatic carbocycles. The Bertz CT molecular complexity index is 1380. The van der Waals surface area contributed by atoms with Crippen molar-refractivity contribution in [1.82, 2.24) is 19.9 Å². The third-order valence-electron chi connectivity index (χ3n) is 4.83. The molecule has 4 aromatic rings.